The van der Waals surface area contributed by atoms with Crippen LogP contribution in [0.2, 0.25) is 0 Å². The average Bonchev–Trinajstić information content (AvgIpc) is 3.14. The van der Waals surface area contributed by atoms with E-state index in [9.17, 15) is 23.6 Å². The highest BCUT2D eigenvalue weighted by molar-refractivity contribution is 6.00. The molecule has 4 N–H and O–H groups in total. The fourth-order valence-electron chi connectivity index (χ4n) is 6.65. The van der Waals surface area contributed by atoms with Crippen LogP contribution in [-0.4, -0.2) is 75.2 Å². The van der Waals surface area contributed by atoms with Crippen molar-refractivity contribution < 1.29 is 37.8 Å². The van der Waals surface area contributed by atoms with Gasteiger partial charge in [-0.25, -0.2) is 4.39 Å². The fourth-order valence-corrected chi connectivity index (χ4v) is 6.65. The highest BCUT2D eigenvalue weighted by Gasteiger charge is 2.36. The Kier molecular flexibility index (Phi) is 13.6. The van der Waals surface area contributed by atoms with Crippen molar-refractivity contribution in [3.05, 3.63) is 95.3 Å². The molecule has 3 aromatic rings. The van der Waals surface area contributed by atoms with Crippen molar-refractivity contribution in [3.8, 4) is 11.5 Å². The summed E-state index contributed by atoms with van der Waals surface area (Å²) in [6.45, 7) is 5.86. The summed E-state index contributed by atoms with van der Waals surface area (Å²) in [7, 11) is 0. The molecule has 2 atom stereocenters. The standard InChI is InChI=1S/C40H49FN4O7/c1-27(2)23-30-25-52-35-14-6-3-11-31(35)37(47)42-19-8-20-51-34-13-5-4-12-32(34)38(48)45-33(15-16-36(46)44-30)39(49)43-26-40(17-21-50-22-18-40)28-9-7-10-29(41)24-28/h3-7,9-14,24,27,30,33H,8,15-23,25-26H2,1-2H3,(H,42,47)(H,43,49)(H,44,46)(H,45,48)/t30-,33-/m0/s1. The minimum Gasteiger partial charge on any atom is -0.493 e. The summed E-state index contributed by atoms with van der Waals surface area (Å²) < 4.78 is 32.0. The highest BCUT2D eigenvalue weighted by atomic mass is 19.1. The first-order valence-corrected chi connectivity index (χ1v) is 18.1. The van der Waals surface area contributed by atoms with Crippen LogP contribution in [0, 0.1) is 11.7 Å². The second-order valence-electron chi connectivity index (χ2n) is 13.8. The number of carbonyl (C=O) groups is 4. The number of amides is 4. The molecular weight excluding hydrogens is 667 g/mol. The molecule has 0 aliphatic carbocycles. The average molecular weight is 717 g/mol. The first-order chi connectivity index (χ1) is 25.1. The van der Waals surface area contributed by atoms with E-state index in [0.29, 0.717) is 62.5 Å². The topological polar surface area (TPSA) is 144 Å². The van der Waals surface area contributed by atoms with Gasteiger partial charge in [-0.2, -0.15) is 0 Å². The predicted octanol–water partition coefficient (Wildman–Crippen LogP) is 4.69. The van der Waals surface area contributed by atoms with Crippen LogP contribution in [0.3, 0.4) is 0 Å². The van der Waals surface area contributed by atoms with E-state index in [-0.39, 0.29) is 67.8 Å². The molecule has 2 aliphatic heterocycles. The number of benzene rings is 3. The van der Waals surface area contributed by atoms with Gasteiger partial charge in [-0.3, -0.25) is 19.2 Å². The molecule has 3 aromatic carbocycles. The second-order valence-corrected chi connectivity index (χ2v) is 13.8. The first kappa shape index (κ1) is 38.3. The van der Waals surface area contributed by atoms with Crippen LogP contribution in [0.15, 0.2) is 72.8 Å². The number of fused-ring (bicyclic) bond motifs is 2. The summed E-state index contributed by atoms with van der Waals surface area (Å²) in [6.07, 6.45) is 2.19. The van der Waals surface area contributed by atoms with Gasteiger partial charge in [0, 0.05) is 38.1 Å². The predicted molar refractivity (Wildman–Crippen MR) is 194 cm³/mol. The Morgan fingerprint density at radius 3 is 2.29 bits per heavy atom. The van der Waals surface area contributed by atoms with Gasteiger partial charge >= 0.3 is 0 Å². The van der Waals surface area contributed by atoms with E-state index in [1.54, 1.807) is 54.6 Å². The molecule has 2 heterocycles. The molecule has 278 valence electrons. The molecule has 2 aliphatic rings. The van der Waals surface area contributed by atoms with Gasteiger partial charge in [-0.05, 0) is 80.0 Å². The van der Waals surface area contributed by atoms with Gasteiger partial charge < -0.3 is 35.5 Å². The lowest BCUT2D eigenvalue weighted by Crippen LogP contribution is -2.52. The zero-order chi connectivity index (χ0) is 36.9. The van der Waals surface area contributed by atoms with Crippen LogP contribution in [-0.2, 0) is 19.7 Å². The molecule has 5 rings (SSSR count). The Balaban J connectivity index is 1.38. The van der Waals surface area contributed by atoms with Gasteiger partial charge in [0.05, 0.1) is 23.8 Å². The quantitative estimate of drug-likeness (QED) is 0.290. The molecular formula is C40H49FN4O7. The van der Waals surface area contributed by atoms with E-state index in [0.717, 1.165) is 5.56 Å². The van der Waals surface area contributed by atoms with Crippen LogP contribution in [0.4, 0.5) is 4.39 Å². The maximum absolute atomic E-state index is 14.3. The van der Waals surface area contributed by atoms with Gasteiger partial charge in [0.1, 0.15) is 30.0 Å². The monoisotopic (exact) mass is 716 g/mol. The molecule has 4 amide bonds. The van der Waals surface area contributed by atoms with Crippen molar-refractivity contribution in [1.29, 1.82) is 0 Å². The van der Waals surface area contributed by atoms with Crippen molar-refractivity contribution in [1.82, 2.24) is 21.3 Å². The Morgan fingerprint density at radius 1 is 0.885 bits per heavy atom. The van der Waals surface area contributed by atoms with Crippen molar-refractivity contribution in [2.45, 2.75) is 69.9 Å². The van der Waals surface area contributed by atoms with E-state index >= 15 is 0 Å². The molecule has 0 aromatic heterocycles. The SMILES string of the molecule is CC(C)C[C@H]1COc2ccccc2C(=O)NCCCOc2ccccc2C(=O)N[C@H](C(=O)NCC2(c3cccc(F)c3)CCOCC2)CCC(=O)N1. The van der Waals surface area contributed by atoms with Crippen molar-refractivity contribution in [2.24, 2.45) is 5.92 Å². The molecule has 11 nitrogen and oxygen atoms in total. The fraction of sp³-hybridized carbons (Fsp3) is 0.450. The van der Waals surface area contributed by atoms with Crippen LogP contribution < -0.4 is 30.7 Å². The number of rotatable bonds is 6. The molecule has 1 saturated heterocycles. The number of para-hydroxylation sites is 2. The molecule has 0 unspecified atom stereocenters. The highest BCUT2D eigenvalue weighted by Crippen LogP contribution is 2.34. The number of nitrogens with one attached hydrogen (secondary N) is 4. The summed E-state index contributed by atoms with van der Waals surface area (Å²) in [6, 6.07) is 18.6. The summed E-state index contributed by atoms with van der Waals surface area (Å²) in [5.74, 6) is -1.01. The molecule has 0 saturated carbocycles. The largest absolute Gasteiger partial charge is 0.493 e. The molecule has 1 fully saturated rings. The summed E-state index contributed by atoms with van der Waals surface area (Å²) >= 11 is 0. The molecule has 0 radical (unpaired) electrons. The third-order valence-electron chi connectivity index (χ3n) is 9.46. The minimum atomic E-state index is -1.07. The normalized spacial score (nSPS) is 20.4. The second kappa shape index (κ2) is 18.5. The lowest BCUT2D eigenvalue weighted by atomic mass is 9.74. The zero-order valence-electron chi connectivity index (χ0n) is 29.9. The van der Waals surface area contributed by atoms with Crippen LogP contribution in [0.1, 0.15) is 78.7 Å². The molecule has 52 heavy (non-hydrogen) atoms. The number of hydrogen-bond acceptors (Lipinski definition) is 7. The molecule has 0 bridgehead atoms. The van der Waals surface area contributed by atoms with E-state index in [1.807, 2.05) is 19.9 Å². The summed E-state index contributed by atoms with van der Waals surface area (Å²) in [4.78, 5) is 54.2. The van der Waals surface area contributed by atoms with Gasteiger partial charge in [0.25, 0.3) is 11.8 Å². The Bertz CT molecular complexity index is 1690. The maximum Gasteiger partial charge on any atom is 0.255 e. The molecule has 12 heteroatoms. The lowest BCUT2D eigenvalue weighted by molar-refractivity contribution is -0.124. The third-order valence-corrected chi connectivity index (χ3v) is 9.46. The first-order valence-electron chi connectivity index (χ1n) is 18.1. The number of halogens is 1. The zero-order valence-corrected chi connectivity index (χ0v) is 29.9. The summed E-state index contributed by atoms with van der Waals surface area (Å²) in [5, 5.41) is 11.8. The maximum atomic E-state index is 14.3. The Hall–Kier alpha value is -4.97. The van der Waals surface area contributed by atoms with E-state index in [1.165, 1.54) is 12.1 Å². The van der Waals surface area contributed by atoms with Crippen LogP contribution in [0.25, 0.3) is 0 Å². The van der Waals surface area contributed by atoms with E-state index < -0.39 is 23.3 Å². The van der Waals surface area contributed by atoms with Crippen molar-refractivity contribution in [3.63, 3.8) is 0 Å². The Morgan fingerprint density at radius 2 is 1.58 bits per heavy atom. The van der Waals surface area contributed by atoms with Gasteiger partial charge in [0.2, 0.25) is 11.8 Å². The lowest BCUT2D eigenvalue weighted by Gasteiger charge is -2.38. The number of ether oxygens (including phenoxy) is 3. The smallest absolute Gasteiger partial charge is 0.255 e. The van der Waals surface area contributed by atoms with Crippen LogP contribution >= 0.6 is 0 Å². The minimum absolute atomic E-state index is 0.0147. The Labute approximate surface area is 304 Å². The third kappa shape index (κ3) is 10.5. The van der Waals surface area contributed by atoms with E-state index in [2.05, 4.69) is 21.3 Å². The van der Waals surface area contributed by atoms with Crippen molar-refractivity contribution >= 4 is 23.6 Å². The van der Waals surface area contributed by atoms with E-state index in [4.69, 9.17) is 14.2 Å². The van der Waals surface area contributed by atoms with Crippen LogP contribution in [0.5, 0.6) is 11.5 Å². The van der Waals surface area contributed by atoms with Gasteiger partial charge in [-0.1, -0.05) is 50.2 Å². The number of carbonyl (C=O) groups excluding carboxylic acids is 4. The number of hydrogen-bond donors (Lipinski definition) is 4. The van der Waals surface area contributed by atoms with Crippen molar-refractivity contribution in [2.75, 3.05) is 39.5 Å². The van der Waals surface area contributed by atoms with Gasteiger partial charge in [-0.15, -0.1) is 0 Å². The van der Waals surface area contributed by atoms with Gasteiger partial charge in [0.15, 0.2) is 0 Å². The molecule has 0 spiro atoms. The summed E-state index contributed by atoms with van der Waals surface area (Å²) in [5.41, 5.74) is 0.810.